The Balaban J connectivity index is 1.87. The number of nitrogens with zero attached hydrogens (tertiary/aromatic N) is 1. The molecule has 1 heterocycles. The molecular formula is C21H24FNO2. The molecule has 0 bridgehead atoms. The predicted octanol–water partition coefficient (Wildman–Crippen LogP) is 4.29. The number of methoxy groups -OCH3 is 1. The summed E-state index contributed by atoms with van der Waals surface area (Å²) < 4.78 is 19.0. The van der Waals surface area contributed by atoms with Crippen LogP contribution in [0.15, 0.2) is 48.5 Å². The lowest BCUT2D eigenvalue weighted by atomic mass is 9.89. The van der Waals surface area contributed by atoms with Gasteiger partial charge in [0.15, 0.2) is 17.3 Å². The first-order valence-electron chi connectivity index (χ1n) is 8.84. The summed E-state index contributed by atoms with van der Waals surface area (Å²) in [7, 11) is 1.42. The van der Waals surface area contributed by atoms with Crippen LogP contribution in [0.5, 0.6) is 5.75 Å². The molecule has 0 aromatic heterocycles. The number of hydrogen-bond donors (Lipinski definition) is 0. The molecule has 2 aromatic rings. The molecule has 4 heteroatoms. The number of halogens is 1. The Kier molecular flexibility index (Phi) is 5.82. The van der Waals surface area contributed by atoms with E-state index in [1.54, 1.807) is 6.07 Å². The van der Waals surface area contributed by atoms with Crippen molar-refractivity contribution in [2.75, 3.05) is 26.7 Å². The molecule has 132 valence electrons. The fourth-order valence-corrected chi connectivity index (χ4v) is 3.45. The van der Waals surface area contributed by atoms with Gasteiger partial charge in [0, 0.05) is 12.1 Å². The molecule has 0 amide bonds. The van der Waals surface area contributed by atoms with E-state index in [4.69, 9.17) is 4.74 Å². The lowest BCUT2D eigenvalue weighted by Crippen LogP contribution is -2.36. The van der Waals surface area contributed by atoms with Crippen molar-refractivity contribution >= 4 is 5.78 Å². The van der Waals surface area contributed by atoms with E-state index in [1.165, 1.54) is 38.5 Å². The Morgan fingerprint density at radius 2 is 1.84 bits per heavy atom. The van der Waals surface area contributed by atoms with Crippen LogP contribution in [0.25, 0.3) is 0 Å². The minimum Gasteiger partial charge on any atom is -0.494 e. The summed E-state index contributed by atoms with van der Waals surface area (Å²) in [5.41, 5.74) is 1.37. The smallest absolute Gasteiger partial charge is 0.171 e. The van der Waals surface area contributed by atoms with Gasteiger partial charge < -0.3 is 9.64 Å². The van der Waals surface area contributed by atoms with E-state index < -0.39 is 5.82 Å². The number of Topliss-reactive ketones (excluding diaryl/α,β-unsaturated/α-hetero) is 1. The Morgan fingerprint density at radius 3 is 2.48 bits per heavy atom. The zero-order valence-electron chi connectivity index (χ0n) is 14.6. The van der Waals surface area contributed by atoms with Gasteiger partial charge in [-0.15, -0.1) is 0 Å². The van der Waals surface area contributed by atoms with Gasteiger partial charge in [-0.25, -0.2) is 4.39 Å². The van der Waals surface area contributed by atoms with E-state index in [9.17, 15) is 9.18 Å². The number of hydrogen-bond acceptors (Lipinski definition) is 3. The Bertz CT molecular complexity index is 711. The molecule has 3 rings (SSSR count). The molecule has 1 aliphatic rings. The minimum absolute atomic E-state index is 0.0432. The molecule has 0 radical (unpaired) electrons. The van der Waals surface area contributed by atoms with Gasteiger partial charge in [-0.1, -0.05) is 36.8 Å². The molecule has 0 aliphatic carbocycles. The number of ether oxygens (including phenoxy) is 1. The standard InChI is InChI=1S/C21H24FNO2/c1-25-20-11-10-17(14-19(20)22)21(24)18(16-8-4-2-5-9-16)15-23-12-6-3-7-13-23/h2,4-5,8-11,14,18H,3,6-7,12-13,15H2,1H3/t18-/m1/s1. The van der Waals surface area contributed by atoms with Gasteiger partial charge in [0.2, 0.25) is 0 Å². The van der Waals surface area contributed by atoms with Crippen molar-refractivity contribution in [3.63, 3.8) is 0 Å². The highest BCUT2D eigenvalue weighted by Crippen LogP contribution is 2.26. The van der Waals surface area contributed by atoms with E-state index in [-0.39, 0.29) is 17.5 Å². The number of ketones is 1. The average Bonchev–Trinajstić information content (AvgIpc) is 2.67. The van der Waals surface area contributed by atoms with Crippen LogP contribution in [0.2, 0.25) is 0 Å². The topological polar surface area (TPSA) is 29.5 Å². The number of carbonyl (C=O) groups excluding carboxylic acids is 1. The molecule has 1 atom stereocenters. The fraction of sp³-hybridized carbons (Fsp3) is 0.381. The Hall–Kier alpha value is -2.20. The maximum atomic E-state index is 14.0. The molecule has 0 saturated carbocycles. The SMILES string of the molecule is COc1ccc(C(=O)[C@H](CN2CCCCC2)c2ccccc2)cc1F. The zero-order valence-corrected chi connectivity index (χ0v) is 14.6. The van der Waals surface area contributed by atoms with Crippen LogP contribution in [-0.4, -0.2) is 37.4 Å². The second kappa shape index (κ2) is 8.26. The van der Waals surface area contributed by atoms with E-state index in [0.717, 1.165) is 18.7 Å². The van der Waals surface area contributed by atoms with Gasteiger partial charge in [0.05, 0.1) is 13.0 Å². The molecule has 0 spiro atoms. The quantitative estimate of drug-likeness (QED) is 0.734. The van der Waals surface area contributed by atoms with Crippen LogP contribution < -0.4 is 4.74 Å². The highest BCUT2D eigenvalue weighted by atomic mass is 19.1. The maximum Gasteiger partial charge on any atom is 0.171 e. The van der Waals surface area contributed by atoms with Gasteiger partial charge in [-0.05, 0) is 49.7 Å². The molecule has 1 saturated heterocycles. The van der Waals surface area contributed by atoms with Crippen LogP contribution in [0.3, 0.4) is 0 Å². The Labute approximate surface area is 148 Å². The van der Waals surface area contributed by atoms with E-state index in [1.807, 2.05) is 30.3 Å². The van der Waals surface area contributed by atoms with Gasteiger partial charge in [-0.2, -0.15) is 0 Å². The fourth-order valence-electron chi connectivity index (χ4n) is 3.45. The van der Waals surface area contributed by atoms with E-state index >= 15 is 0 Å². The summed E-state index contributed by atoms with van der Waals surface area (Å²) in [5, 5.41) is 0. The van der Waals surface area contributed by atoms with Crippen LogP contribution in [0.4, 0.5) is 4.39 Å². The second-order valence-corrected chi connectivity index (χ2v) is 6.54. The third-order valence-corrected chi connectivity index (χ3v) is 4.84. The van der Waals surface area contributed by atoms with Crippen molar-refractivity contribution in [3.8, 4) is 5.75 Å². The number of piperidine rings is 1. The molecule has 1 fully saturated rings. The first-order valence-corrected chi connectivity index (χ1v) is 8.84. The molecular weight excluding hydrogens is 317 g/mol. The number of benzene rings is 2. The lowest BCUT2D eigenvalue weighted by Gasteiger charge is -2.30. The third kappa shape index (κ3) is 4.26. The van der Waals surface area contributed by atoms with E-state index in [2.05, 4.69) is 4.90 Å². The van der Waals surface area contributed by atoms with Gasteiger partial charge in [-0.3, -0.25) is 4.79 Å². The number of likely N-dealkylation sites (tertiary alicyclic amines) is 1. The predicted molar refractivity (Wildman–Crippen MR) is 96.8 cm³/mol. The molecule has 25 heavy (non-hydrogen) atoms. The maximum absolute atomic E-state index is 14.0. The average molecular weight is 341 g/mol. The highest BCUT2D eigenvalue weighted by molar-refractivity contribution is 6.01. The van der Waals surface area contributed by atoms with Crippen LogP contribution in [0.1, 0.15) is 41.1 Å². The molecule has 0 unspecified atom stereocenters. The van der Waals surface area contributed by atoms with Crippen molar-refractivity contribution in [2.45, 2.75) is 25.2 Å². The summed E-state index contributed by atoms with van der Waals surface area (Å²) in [4.78, 5) is 15.5. The van der Waals surface area contributed by atoms with Gasteiger partial charge in [0.1, 0.15) is 0 Å². The number of carbonyl (C=O) groups is 1. The third-order valence-electron chi connectivity index (χ3n) is 4.84. The van der Waals surface area contributed by atoms with Crippen molar-refractivity contribution in [1.29, 1.82) is 0 Å². The largest absolute Gasteiger partial charge is 0.494 e. The highest BCUT2D eigenvalue weighted by Gasteiger charge is 2.26. The zero-order chi connectivity index (χ0) is 17.6. The first kappa shape index (κ1) is 17.6. The van der Waals surface area contributed by atoms with Gasteiger partial charge in [0.25, 0.3) is 0 Å². The summed E-state index contributed by atoms with van der Waals surface area (Å²) >= 11 is 0. The van der Waals surface area contributed by atoms with Crippen molar-refractivity contribution in [2.24, 2.45) is 0 Å². The van der Waals surface area contributed by atoms with Crippen molar-refractivity contribution in [1.82, 2.24) is 4.90 Å². The van der Waals surface area contributed by atoms with Crippen molar-refractivity contribution in [3.05, 3.63) is 65.5 Å². The monoisotopic (exact) mass is 341 g/mol. The number of rotatable bonds is 6. The molecule has 0 N–H and O–H groups in total. The summed E-state index contributed by atoms with van der Waals surface area (Å²) in [6.45, 7) is 2.72. The lowest BCUT2D eigenvalue weighted by molar-refractivity contribution is 0.0925. The summed E-state index contributed by atoms with van der Waals surface area (Å²) in [6.07, 6.45) is 3.60. The first-order chi connectivity index (χ1) is 12.2. The van der Waals surface area contributed by atoms with Crippen LogP contribution >= 0.6 is 0 Å². The normalized spacial score (nSPS) is 16.4. The van der Waals surface area contributed by atoms with Crippen LogP contribution in [0, 0.1) is 5.82 Å². The summed E-state index contributed by atoms with van der Waals surface area (Å²) in [6, 6.07) is 14.2. The Morgan fingerprint density at radius 1 is 1.12 bits per heavy atom. The second-order valence-electron chi connectivity index (χ2n) is 6.54. The molecule has 2 aromatic carbocycles. The molecule has 1 aliphatic heterocycles. The minimum atomic E-state index is -0.502. The summed E-state index contributed by atoms with van der Waals surface area (Å²) in [5.74, 6) is -0.674. The van der Waals surface area contributed by atoms with Crippen molar-refractivity contribution < 1.29 is 13.9 Å². The van der Waals surface area contributed by atoms with E-state index in [0.29, 0.717) is 12.1 Å². The van der Waals surface area contributed by atoms with Crippen LogP contribution in [-0.2, 0) is 0 Å². The van der Waals surface area contributed by atoms with Gasteiger partial charge >= 0.3 is 0 Å². The molecule has 3 nitrogen and oxygen atoms in total.